The molecule has 0 radical (unpaired) electrons. The van der Waals surface area contributed by atoms with E-state index in [-0.39, 0.29) is 18.2 Å². The summed E-state index contributed by atoms with van der Waals surface area (Å²) in [6.45, 7) is 2.44. The molecule has 1 heterocycles. The Morgan fingerprint density at radius 2 is 2.04 bits per heavy atom. The topological polar surface area (TPSA) is 71.0 Å². The number of hydrogen-bond donors (Lipinski definition) is 1. The number of anilines is 1. The maximum atomic E-state index is 12.5. The molecule has 146 valence electrons. The fourth-order valence-electron chi connectivity index (χ4n) is 2.63. The maximum absolute atomic E-state index is 12.5. The summed E-state index contributed by atoms with van der Waals surface area (Å²) in [6.07, 6.45) is 0.0618. The summed E-state index contributed by atoms with van der Waals surface area (Å²) < 4.78 is 5.43. The Morgan fingerprint density at radius 1 is 1.29 bits per heavy atom. The van der Waals surface area contributed by atoms with Gasteiger partial charge in [-0.05, 0) is 43.3 Å². The van der Waals surface area contributed by atoms with E-state index in [4.69, 9.17) is 16.3 Å². The van der Waals surface area contributed by atoms with Gasteiger partial charge in [0.2, 0.25) is 11.8 Å². The Morgan fingerprint density at radius 3 is 2.75 bits per heavy atom. The van der Waals surface area contributed by atoms with Crippen molar-refractivity contribution in [3.8, 4) is 5.75 Å². The molecule has 1 aliphatic rings. The van der Waals surface area contributed by atoms with E-state index >= 15 is 0 Å². The van der Waals surface area contributed by atoms with Gasteiger partial charge in [0.05, 0.1) is 12.3 Å². The van der Waals surface area contributed by atoms with E-state index in [1.165, 1.54) is 16.7 Å². The highest BCUT2D eigenvalue weighted by atomic mass is 35.5. The number of carbonyl (C=O) groups excluding carboxylic acids is 2. The Kier molecular flexibility index (Phi) is 6.59. The van der Waals surface area contributed by atoms with E-state index in [9.17, 15) is 9.59 Å². The zero-order valence-electron chi connectivity index (χ0n) is 15.5. The van der Waals surface area contributed by atoms with E-state index in [1.807, 2.05) is 13.0 Å². The van der Waals surface area contributed by atoms with E-state index in [0.29, 0.717) is 33.9 Å². The molecule has 8 heteroatoms. The highest BCUT2D eigenvalue weighted by Gasteiger charge is 2.37. The van der Waals surface area contributed by atoms with E-state index in [2.05, 4.69) is 10.3 Å². The van der Waals surface area contributed by atoms with Crippen LogP contribution >= 0.6 is 23.4 Å². The molecule has 1 fully saturated rings. The van der Waals surface area contributed by atoms with Crippen LogP contribution in [0.15, 0.2) is 53.5 Å². The lowest BCUT2D eigenvalue weighted by atomic mass is 10.2. The van der Waals surface area contributed by atoms with Gasteiger partial charge in [0.1, 0.15) is 11.0 Å². The number of benzene rings is 2. The minimum Gasteiger partial charge on any atom is -0.494 e. The number of nitrogens with one attached hydrogen (secondary N) is 1. The van der Waals surface area contributed by atoms with Gasteiger partial charge in [-0.2, -0.15) is 0 Å². The van der Waals surface area contributed by atoms with Crippen LogP contribution in [-0.4, -0.2) is 40.8 Å². The molecule has 1 atom stereocenters. The van der Waals surface area contributed by atoms with Gasteiger partial charge in [-0.3, -0.25) is 14.5 Å². The van der Waals surface area contributed by atoms with Crippen LogP contribution in [-0.2, 0) is 9.59 Å². The maximum Gasteiger partial charge on any atom is 0.242 e. The number of ether oxygens (including phenoxy) is 1. The number of amidine groups is 1. The molecule has 0 unspecified atom stereocenters. The van der Waals surface area contributed by atoms with Gasteiger partial charge in [-0.15, -0.1) is 0 Å². The molecule has 2 aromatic carbocycles. The van der Waals surface area contributed by atoms with Crippen molar-refractivity contribution in [2.45, 2.75) is 18.6 Å². The van der Waals surface area contributed by atoms with Crippen LogP contribution in [0, 0.1) is 0 Å². The summed E-state index contributed by atoms with van der Waals surface area (Å²) in [7, 11) is 1.66. The summed E-state index contributed by atoms with van der Waals surface area (Å²) in [5.74, 6) is 0.306. The smallest absolute Gasteiger partial charge is 0.242 e. The van der Waals surface area contributed by atoms with Crippen molar-refractivity contribution in [2.75, 3.05) is 19.0 Å². The molecule has 1 saturated heterocycles. The summed E-state index contributed by atoms with van der Waals surface area (Å²) in [5.41, 5.74) is 1.33. The van der Waals surface area contributed by atoms with Crippen LogP contribution in [0.5, 0.6) is 5.75 Å². The molecule has 1 N–H and O–H groups in total. The summed E-state index contributed by atoms with van der Waals surface area (Å²) in [6, 6.07) is 14.2. The van der Waals surface area contributed by atoms with Gasteiger partial charge >= 0.3 is 0 Å². The quantitative estimate of drug-likeness (QED) is 0.759. The summed E-state index contributed by atoms with van der Waals surface area (Å²) in [4.78, 5) is 30.9. The second-order valence-electron chi connectivity index (χ2n) is 6.09. The molecule has 1 aliphatic heterocycles. The molecular weight excluding hydrogens is 398 g/mol. The normalized spacial score (nSPS) is 17.8. The Bertz CT molecular complexity index is 902. The molecule has 0 aliphatic carbocycles. The number of hydrogen-bond acceptors (Lipinski definition) is 5. The highest BCUT2D eigenvalue weighted by molar-refractivity contribution is 8.15. The molecule has 6 nitrogen and oxygen atoms in total. The first-order valence-electron chi connectivity index (χ1n) is 8.77. The predicted molar refractivity (Wildman–Crippen MR) is 114 cm³/mol. The van der Waals surface area contributed by atoms with Crippen molar-refractivity contribution < 1.29 is 14.3 Å². The van der Waals surface area contributed by atoms with Crippen LogP contribution in [0.4, 0.5) is 11.4 Å². The first-order chi connectivity index (χ1) is 13.5. The van der Waals surface area contributed by atoms with Gasteiger partial charge in [0.15, 0.2) is 5.17 Å². The Labute approximate surface area is 172 Å². The van der Waals surface area contributed by atoms with Gasteiger partial charge < -0.3 is 10.1 Å². The molecule has 2 amide bonds. The molecule has 0 saturated carbocycles. The first kappa shape index (κ1) is 20.2. The largest absolute Gasteiger partial charge is 0.494 e. The number of rotatable bonds is 6. The van der Waals surface area contributed by atoms with Crippen molar-refractivity contribution in [3.63, 3.8) is 0 Å². The van der Waals surface area contributed by atoms with Crippen LogP contribution in [0.1, 0.15) is 13.3 Å². The third-order valence-electron chi connectivity index (χ3n) is 3.99. The summed E-state index contributed by atoms with van der Waals surface area (Å²) in [5, 5.41) is 3.49. The van der Waals surface area contributed by atoms with E-state index in [1.54, 1.807) is 49.5 Å². The molecule has 0 spiro atoms. The van der Waals surface area contributed by atoms with Crippen molar-refractivity contribution >= 4 is 51.7 Å². The lowest BCUT2D eigenvalue weighted by Gasteiger charge is -2.10. The lowest BCUT2D eigenvalue weighted by Crippen LogP contribution is -2.30. The molecule has 0 bridgehead atoms. The molecule has 28 heavy (non-hydrogen) atoms. The second-order valence-corrected chi connectivity index (χ2v) is 7.69. The molecule has 2 aromatic rings. The number of aliphatic imine (C=N–C) groups is 1. The van der Waals surface area contributed by atoms with Crippen LogP contribution < -0.4 is 10.1 Å². The zero-order chi connectivity index (χ0) is 20.1. The number of amides is 2. The highest BCUT2D eigenvalue weighted by Crippen LogP contribution is 2.31. The van der Waals surface area contributed by atoms with Crippen LogP contribution in [0.3, 0.4) is 0 Å². The molecular formula is C20H20ClN3O3S. The number of carbonyl (C=O) groups is 2. The fourth-order valence-corrected chi connectivity index (χ4v) is 3.91. The number of thioether (sulfide) groups is 1. The standard InChI is InChI=1S/C20H20ClN3O3S/c1-3-27-16-6-4-5-15(11-16)22-18(25)12-17-19(26)24(2)20(28-17)23-14-9-7-13(21)8-10-14/h4-11,17H,3,12H2,1-2H3,(H,22,25)/t17-/m0/s1. The third kappa shape index (κ3) is 5.05. The minimum absolute atomic E-state index is 0.0618. The number of halogens is 1. The van der Waals surface area contributed by atoms with Crippen LogP contribution in [0.25, 0.3) is 0 Å². The minimum atomic E-state index is -0.508. The average molecular weight is 418 g/mol. The van der Waals surface area contributed by atoms with Gasteiger partial charge in [-0.1, -0.05) is 29.4 Å². The SMILES string of the molecule is CCOc1cccc(NC(=O)C[C@@H]2SC(=Nc3ccc(Cl)cc3)N(C)C2=O)c1. The average Bonchev–Trinajstić information content (AvgIpc) is 2.92. The van der Waals surface area contributed by atoms with Crippen molar-refractivity contribution in [1.29, 1.82) is 0 Å². The van der Waals surface area contributed by atoms with E-state index in [0.717, 1.165) is 0 Å². The first-order valence-corrected chi connectivity index (χ1v) is 10.0. The van der Waals surface area contributed by atoms with E-state index < -0.39 is 5.25 Å². The van der Waals surface area contributed by atoms with Crippen molar-refractivity contribution in [2.24, 2.45) is 4.99 Å². The van der Waals surface area contributed by atoms with Crippen molar-refractivity contribution in [1.82, 2.24) is 4.90 Å². The van der Waals surface area contributed by atoms with Crippen molar-refractivity contribution in [3.05, 3.63) is 53.6 Å². The fraction of sp³-hybridized carbons (Fsp3) is 0.250. The third-order valence-corrected chi connectivity index (χ3v) is 5.47. The van der Waals surface area contributed by atoms with Crippen LogP contribution in [0.2, 0.25) is 5.02 Å². The predicted octanol–water partition coefficient (Wildman–Crippen LogP) is 4.33. The van der Waals surface area contributed by atoms with Gasteiger partial charge in [0.25, 0.3) is 0 Å². The number of nitrogens with zero attached hydrogens (tertiary/aromatic N) is 2. The zero-order valence-corrected chi connectivity index (χ0v) is 17.1. The van der Waals surface area contributed by atoms with Gasteiger partial charge in [-0.25, -0.2) is 4.99 Å². The summed E-state index contributed by atoms with van der Waals surface area (Å²) >= 11 is 7.17. The molecule has 0 aromatic heterocycles. The Balaban J connectivity index is 1.64. The molecule has 3 rings (SSSR count). The second kappa shape index (κ2) is 9.12. The lowest BCUT2D eigenvalue weighted by molar-refractivity contribution is -0.127. The Hall–Kier alpha value is -2.51. The van der Waals surface area contributed by atoms with Gasteiger partial charge in [0, 0.05) is 30.2 Å². The monoisotopic (exact) mass is 417 g/mol.